The van der Waals surface area contributed by atoms with Gasteiger partial charge in [0.05, 0.1) is 5.25 Å². The molecule has 3 unspecified atom stereocenters. The SMILES string of the molecule is CCC(CN)S(=O)(=O)N1CCC2NC(=O)CCC2C1. The maximum absolute atomic E-state index is 12.4. The molecule has 2 heterocycles. The van der Waals surface area contributed by atoms with Crippen molar-refractivity contribution in [2.45, 2.75) is 43.9 Å². The lowest BCUT2D eigenvalue weighted by Crippen LogP contribution is -2.56. The number of carbonyl (C=O) groups is 1. The maximum atomic E-state index is 12.4. The van der Waals surface area contributed by atoms with Gasteiger partial charge < -0.3 is 11.1 Å². The van der Waals surface area contributed by atoms with Crippen molar-refractivity contribution in [2.24, 2.45) is 11.7 Å². The molecule has 0 spiro atoms. The average Bonchev–Trinajstić information content (AvgIpc) is 2.39. The molecule has 3 N–H and O–H groups in total. The number of nitrogens with one attached hydrogen (secondary N) is 1. The van der Waals surface area contributed by atoms with Crippen LogP contribution in [0.3, 0.4) is 0 Å². The zero-order chi connectivity index (χ0) is 14.0. The second-order valence-corrected chi connectivity index (χ2v) is 7.64. The number of hydrogen-bond acceptors (Lipinski definition) is 4. The Morgan fingerprint density at radius 3 is 2.84 bits per heavy atom. The molecule has 0 aromatic carbocycles. The van der Waals surface area contributed by atoms with Crippen LogP contribution >= 0.6 is 0 Å². The monoisotopic (exact) mass is 289 g/mol. The number of hydrogen-bond donors (Lipinski definition) is 2. The van der Waals surface area contributed by atoms with Crippen molar-refractivity contribution >= 4 is 15.9 Å². The van der Waals surface area contributed by atoms with Gasteiger partial charge in [-0.15, -0.1) is 0 Å². The van der Waals surface area contributed by atoms with Crippen molar-refractivity contribution in [1.82, 2.24) is 9.62 Å². The minimum absolute atomic E-state index is 0.0888. The Balaban J connectivity index is 2.06. The number of piperidine rings is 2. The quantitative estimate of drug-likeness (QED) is 0.740. The number of amides is 1. The summed E-state index contributed by atoms with van der Waals surface area (Å²) in [6, 6.07) is 0.144. The first kappa shape index (κ1) is 14.7. The predicted molar refractivity (Wildman–Crippen MR) is 72.9 cm³/mol. The molecular weight excluding hydrogens is 266 g/mol. The zero-order valence-electron chi connectivity index (χ0n) is 11.3. The molecule has 110 valence electrons. The Morgan fingerprint density at radius 1 is 1.47 bits per heavy atom. The third-order valence-corrected chi connectivity index (χ3v) is 6.70. The Bertz CT molecular complexity index is 434. The van der Waals surface area contributed by atoms with E-state index in [1.54, 1.807) is 4.31 Å². The topological polar surface area (TPSA) is 92.5 Å². The van der Waals surface area contributed by atoms with Crippen LogP contribution in [-0.4, -0.2) is 49.6 Å². The fourth-order valence-corrected chi connectivity index (χ4v) is 4.86. The summed E-state index contributed by atoms with van der Waals surface area (Å²) >= 11 is 0. The molecule has 2 aliphatic rings. The molecule has 1 amide bonds. The highest BCUT2D eigenvalue weighted by Crippen LogP contribution is 2.28. The van der Waals surface area contributed by atoms with Crippen LogP contribution in [0, 0.1) is 5.92 Å². The van der Waals surface area contributed by atoms with E-state index in [0.717, 1.165) is 6.42 Å². The van der Waals surface area contributed by atoms with Gasteiger partial charge in [-0.1, -0.05) is 6.92 Å². The van der Waals surface area contributed by atoms with Gasteiger partial charge in [0, 0.05) is 32.1 Å². The molecule has 0 bridgehead atoms. The molecule has 3 atom stereocenters. The predicted octanol–water partition coefficient (Wildman–Crippen LogP) is -0.346. The first-order valence-electron chi connectivity index (χ1n) is 6.97. The second-order valence-electron chi connectivity index (χ2n) is 5.43. The smallest absolute Gasteiger partial charge is 0.220 e. The minimum Gasteiger partial charge on any atom is -0.353 e. The van der Waals surface area contributed by atoms with Crippen LogP contribution in [0.2, 0.25) is 0 Å². The first-order valence-corrected chi connectivity index (χ1v) is 8.47. The van der Waals surface area contributed by atoms with Crippen LogP contribution in [0.15, 0.2) is 0 Å². The first-order chi connectivity index (χ1) is 8.98. The van der Waals surface area contributed by atoms with Crippen LogP contribution in [-0.2, 0) is 14.8 Å². The lowest BCUT2D eigenvalue weighted by atomic mass is 9.86. The van der Waals surface area contributed by atoms with E-state index in [9.17, 15) is 13.2 Å². The summed E-state index contributed by atoms with van der Waals surface area (Å²) in [6.07, 6.45) is 2.53. The maximum Gasteiger partial charge on any atom is 0.220 e. The molecule has 7 heteroatoms. The van der Waals surface area contributed by atoms with Crippen molar-refractivity contribution in [3.05, 3.63) is 0 Å². The summed E-state index contributed by atoms with van der Waals surface area (Å²) in [4.78, 5) is 11.3. The number of sulfonamides is 1. The lowest BCUT2D eigenvalue weighted by Gasteiger charge is -2.41. The molecule has 0 aromatic heterocycles. The number of nitrogens with zero attached hydrogens (tertiary/aromatic N) is 1. The summed E-state index contributed by atoms with van der Waals surface area (Å²) in [5.41, 5.74) is 5.56. The highest BCUT2D eigenvalue weighted by Gasteiger charge is 2.39. The van der Waals surface area contributed by atoms with Crippen molar-refractivity contribution in [3.63, 3.8) is 0 Å². The summed E-state index contributed by atoms with van der Waals surface area (Å²) in [5.74, 6) is 0.336. The van der Waals surface area contributed by atoms with Gasteiger partial charge in [0.1, 0.15) is 0 Å². The highest BCUT2D eigenvalue weighted by atomic mass is 32.2. The Labute approximate surface area is 114 Å². The Morgan fingerprint density at radius 2 is 2.21 bits per heavy atom. The van der Waals surface area contributed by atoms with Crippen LogP contribution in [0.4, 0.5) is 0 Å². The number of nitrogens with two attached hydrogens (primary N) is 1. The van der Waals surface area contributed by atoms with Gasteiger partial charge in [0.25, 0.3) is 0 Å². The van der Waals surface area contributed by atoms with Crippen LogP contribution < -0.4 is 11.1 Å². The van der Waals surface area contributed by atoms with E-state index in [2.05, 4.69) is 5.32 Å². The standard InChI is InChI=1S/C12H23N3O3S/c1-2-10(7-13)19(17,18)15-6-5-11-9(8-15)3-4-12(16)14-11/h9-11H,2-8,13H2,1H3,(H,14,16). The molecule has 0 aliphatic carbocycles. The van der Waals surface area contributed by atoms with E-state index in [0.29, 0.717) is 32.4 Å². The molecule has 0 radical (unpaired) electrons. The van der Waals surface area contributed by atoms with E-state index in [1.807, 2.05) is 6.92 Å². The Kier molecular flexibility index (Phi) is 4.47. The van der Waals surface area contributed by atoms with Gasteiger partial charge >= 0.3 is 0 Å². The second kappa shape index (κ2) is 5.76. The fraction of sp³-hybridized carbons (Fsp3) is 0.917. The highest BCUT2D eigenvalue weighted by molar-refractivity contribution is 7.89. The van der Waals surface area contributed by atoms with Gasteiger partial charge in [-0.3, -0.25) is 4.79 Å². The minimum atomic E-state index is -3.29. The molecule has 2 fully saturated rings. The van der Waals surface area contributed by atoms with Crippen LogP contribution in [0.5, 0.6) is 0 Å². The van der Waals surface area contributed by atoms with Crippen LogP contribution in [0.1, 0.15) is 32.6 Å². The van der Waals surface area contributed by atoms with Crippen molar-refractivity contribution < 1.29 is 13.2 Å². The van der Waals surface area contributed by atoms with Gasteiger partial charge in [-0.2, -0.15) is 0 Å². The molecule has 0 saturated carbocycles. The summed E-state index contributed by atoms with van der Waals surface area (Å²) in [5, 5.41) is 2.48. The number of carbonyl (C=O) groups excluding carboxylic acids is 1. The van der Waals surface area contributed by atoms with Crippen molar-refractivity contribution in [3.8, 4) is 0 Å². The van der Waals surface area contributed by atoms with E-state index < -0.39 is 15.3 Å². The largest absolute Gasteiger partial charge is 0.353 e. The van der Waals surface area contributed by atoms with Gasteiger partial charge in [-0.25, -0.2) is 12.7 Å². The summed E-state index contributed by atoms with van der Waals surface area (Å²) in [7, 11) is -3.29. The molecule has 19 heavy (non-hydrogen) atoms. The molecule has 0 aromatic rings. The average molecular weight is 289 g/mol. The molecule has 6 nitrogen and oxygen atoms in total. The number of rotatable bonds is 4. The lowest BCUT2D eigenvalue weighted by molar-refractivity contribution is -0.124. The van der Waals surface area contributed by atoms with Crippen molar-refractivity contribution in [2.75, 3.05) is 19.6 Å². The van der Waals surface area contributed by atoms with Crippen molar-refractivity contribution in [1.29, 1.82) is 0 Å². The zero-order valence-corrected chi connectivity index (χ0v) is 12.2. The van der Waals surface area contributed by atoms with E-state index in [-0.39, 0.29) is 24.4 Å². The fourth-order valence-electron chi connectivity index (χ4n) is 3.02. The summed E-state index contributed by atoms with van der Waals surface area (Å²) in [6.45, 7) is 3.02. The van der Waals surface area contributed by atoms with Gasteiger partial charge in [0.15, 0.2) is 0 Å². The molecular formula is C12H23N3O3S. The normalized spacial score (nSPS) is 30.5. The third kappa shape index (κ3) is 2.93. The summed E-state index contributed by atoms with van der Waals surface area (Å²) < 4.78 is 26.5. The van der Waals surface area contributed by atoms with Crippen LogP contribution in [0.25, 0.3) is 0 Å². The van der Waals surface area contributed by atoms with E-state index in [4.69, 9.17) is 5.73 Å². The molecule has 2 saturated heterocycles. The molecule has 2 rings (SSSR count). The molecule has 2 aliphatic heterocycles. The third-order valence-electron chi connectivity index (χ3n) is 4.28. The van der Waals surface area contributed by atoms with Gasteiger partial charge in [-0.05, 0) is 25.2 Å². The number of fused-ring (bicyclic) bond motifs is 1. The Hall–Kier alpha value is -0.660. The van der Waals surface area contributed by atoms with Gasteiger partial charge in [0.2, 0.25) is 15.9 Å². The van der Waals surface area contributed by atoms with E-state index >= 15 is 0 Å². The van der Waals surface area contributed by atoms with E-state index in [1.165, 1.54) is 0 Å².